The number of rotatable bonds is 2. The summed E-state index contributed by atoms with van der Waals surface area (Å²) in [6.07, 6.45) is 5.55. The number of alkyl carbamates (subject to hydrolysis) is 1. The van der Waals surface area contributed by atoms with E-state index >= 15 is 0 Å². The van der Waals surface area contributed by atoms with Crippen LogP contribution in [0.1, 0.15) is 52.0 Å². The van der Waals surface area contributed by atoms with Crippen molar-refractivity contribution in [3.8, 4) is 5.75 Å². The summed E-state index contributed by atoms with van der Waals surface area (Å²) in [7, 11) is 1.61. The van der Waals surface area contributed by atoms with E-state index in [2.05, 4.69) is 18.5 Å². The Bertz CT molecular complexity index is 1070. The molecule has 2 aliphatic heterocycles. The van der Waals surface area contributed by atoms with Gasteiger partial charge in [-0.15, -0.1) is 0 Å². The summed E-state index contributed by atoms with van der Waals surface area (Å²) in [6, 6.07) is 7.52. The van der Waals surface area contributed by atoms with Crippen LogP contribution < -0.4 is 10.1 Å². The molecule has 2 spiro atoms. The standard InChI is InChI=1S/C26H31N3O4/c1-7-17-13-15-25(16-14-18(17)8-2)26(19-11-9-10-12-20(19)32-25)21(30)29(6)22(28-26)27-23(31)33-24(3,4)5/h7-12H,1-2,13-16H2,3-6H3,(H,27,28,31). The molecule has 1 aliphatic carbocycles. The lowest BCUT2D eigenvalue weighted by Crippen LogP contribution is -2.56. The molecule has 0 radical (unpaired) electrons. The summed E-state index contributed by atoms with van der Waals surface area (Å²) in [5, 5.41) is 2.67. The normalized spacial score (nSPS) is 23.7. The highest BCUT2D eigenvalue weighted by Crippen LogP contribution is 2.58. The number of allylic oxidation sites excluding steroid dienone is 4. The number of aliphatic imine (C=N–C) groups is 1. The van der Waals surface area contributed by atoms with Gasteiger partial charge in [0.05, 0.1) is 0 Å². The number of hydrogen-bond acceptors (Lipinski definition) is 5. The fraction of sp³-hybridized carbons (Fsp3) is 0.423. The minimum Gasteiger partial charge on any atom is -0.483 e. The van der Waals surface area contributed by atoms with E-state index in [-0.39, 0.29) is 11.9 Å². The van der Waals surface area contributed by atoms with Crippen LogP contribution in [-0.2, 0) is 15.1 Å². The van der Waals surface area contributed by atoms with Gasteiger partial charge in [-0.3, -0.25) is 15.0 Å². The Morgan fingerprint density at radius 1 is 1.18 bits per heavy atom. The molecule has 3 aliphatic rings. The van der Waals surface area contributed by atoms with Gasteiger partial charge in [0.15, 0.2) is 0 Å². The van der Waals surface area contributed by atoms with Crippen molar-refractivity contribution in [2.24, 2.45) is 4.99 Å². The van der Waals surface area contributed by atoms with Gasteiger partial charge in [0.1, 0.15) is 17.0 Å². The fourth-order valence-electron chi connectivity index (χ4n) is 5.03. The highest BCUT2D eigenvalue weighted by Gasteiger charge is 2.68. The molecule has 0 saturated heterocycles. The Kier molecular flexibility index (Phi) is 5.47. The Morgan fingerprint density at radius 3 is 2.36 bits per heavy atom. The number of nitrogens with one attached hydrogen (secondary N) is 1. The first-order valence-electron chi connectivity index (χ1n) is 11.2. The maximum Gasteiger partial charge on any atom is 0.414 e. The number of likely N-dealkylation sites (N-methyl/N-ethyl adjacent to an activating group) is 1. The van der Waals surface area contributed by atoms with Gasteiger partial charge in [-0.2, -0.15) is 0 Å². The number of guanidine groups is 1. The smallest absolute Gasteiger partial charge is 0.414 e. The molecule has 0 saturated carbocycles. The molecule has 1 atom stereocenters. The van der Waals surface area contributed by atoms with Gasteiger partial charge in [0.2, 0.25) is 11.5 Å². The number of fused-ring (bicyclic) bond motifs is 3. The quantitative estimate of drug-likeness (QED) is 0.715. The van der Waals surface area contributed by atoms with Crippen LogP contribution >= 0.6 is 0 Å². The first kappa shape index (κ1) is 22.8. The minimum absolute atomic E-state index is 0.152. The lowest BCUT2D eigenvalue weighted by Gasteiger charge is -2.38. The summed E-state index contributed by atoms with van der Waals surface area (Å²) in [4.78, 5) is 32.7. The Labute approximate surface area is 194 Å². The van der Waals surface area contributed by atoms with Crippen molar-refractivity contribution in [2.75, 3.05) is 7.05 Å². The Hall–Kier alpha value is -3.35. The van der Waals surface area contributed by atoms with Gasteiger partial charge < -0.3 is 9.47 Å². The number of amides is 2. The topological polar surface area (TPSA) is 80.2 Å². The fourth-order valence-corrected chi connectivity index (χ4v) is 5.03. The van der Waals surface area contributed by atoms with E-state index in [0.717, 1.165) is 11.1 Å². The maximum absolute atomic E-state index is 13.9. The highest BCUT2D eigenvalue weighted by molar-refractivity contribution is 6.12. The van der Waals surface area contributed by atoms with E-state index in [9.17, 15) is 9.59 Å². The molecule has 0 bridgehead atoms. The minimum atomic E-state index is -1.30. The number of para-hydroxylation sites is 1. The number of hydrogen-bond donors (Lipinski definition) is 1. The third-order valence-electron chi connectivity index (χ3n) is 6.56. The molecular weight excluding hydrogens is 418 g/mol. The van der Waals surface area contributed by atoms with Crippen LogP contribution in [0.25, 0.3) is 0 Å². The van der Waals surface area contributed by atoms with Crippen LogP contribution in [0.2, 0.25) is 0 Å². The molecular formula is C26H31N3O4. The third-order valence-corrected chi connectivity index (χ3v) is 6.56. The van der Waals surface area contributed by atoms with E-state index in [1.807, 2.05) is 36.4 Å². The van der Waals surface area contributed by atoms with E-state index < -0.39 is 22.8 Å². The predicted molar refractivity (Wildman–Crippen MR) is 127 cm³/mol. The number of carbonyl (C=O) groups is 2. The van der Waals surface area contributed by atoms with Crippen LogP contribution in [0.4, 0.5) is 4.79 Å². The van der Waals surface area contributed by atoms with Gasteiger partial charge >= 0.3 is 6.09 Å². The lowest BCUT2D eigenvalue weighted by atomic mass is 9.71. The molecule has 2 amide bonds. The maximum atomic E-state index is 13.9. The molecule has 174 valence electrons. The largest absolute Gasteiger partial charge is 0.483 e. The van der Waals surface area contributed by atoms with Gasteiger partial charge in [0.25, 0.3) is 5.91 Å². The van der Waals surface area contributed by atoms with Crippen molar-refractivity contribution in [2.45, 2.75) is 63.2 Å². The van der Waals surface area contributed by atoms with Crippen molar-refractivity contribution in [3.05, 3.63) is 66.3 Å². The molecule has 0 fully saturated rings. The first-order valence-corrected chi connectivity index (χ1v) is 11.2. The summed E-state index contributed by atoms with van der Waals surface area (Å²) in [6.45, 7) is 13.3. The van der Waals surface area contributed by atoms with E-state index in [1.165, 1.54) is 4.90 Å². The second-order valence-electron chi connectivity index (χ2n) is 9.69. The SMILES string of the molecule is C=CC1=C(C=C)CCC2(CC1)Oc1ccccc1C21N=C(NC(=O)OC(C)(C)C)N(C)C1=O. The van der Waals surface area contributed by atoms with Crippen LogP contribution in [0.5, 0.6) is 5.75 Å². The molecule has 1 aromatic carbocycles. The summed E-state index contributed by atoms with van der Waals surface area (Å²) >= 11 is 0. The monoisotopic (exact) mass is 449 g/mol. The summed E-state index contributed by atoms with van der Waals surface area (Å²) < 4.78 is 12.0. The average Bonchev–Trinajstić information content (AvgIpc) is 3.06. The molecule has 1 N–H and O–H groups in total. The van der Waals surface area contributed by atoms with Crippen LogP contribution in [-0.4, -0.2) is 41.1 Å². The molecule has 7 nitrogen and oxygen atoms in total. The lowest BCUT2D eigenvalue weighted by molar-refractivity contribution is -0.138. The zero-order valence-corrected chi connectivity index (χ0v) is 19.7. The van der Waals surface area contributed by atoms with Gasteiger partial charge in [0, 0.05) is 12.6 Å². The summed E-state index contributed by atoms with van der Waals surface area (Å²) in [5.41, 5.74) is 0.0374. The molecule has 33 heavy (non-hydrogen) atoms. The zero-order chi connectivity index (χ0) is 24.0. The zero-order valence-electron chi connectivity index (χ0n) is 19.7. The highest BCUT2D eigenvalue weighted by atomic mass is 16.6. The van der Waals surface area contributed by atoms with Crippen molar-refractivity contribution in [3.63, 3.8) is 0 Å². The first-order chi connectivity index (χ1) is 15.6. The second-order valence-corrected chi connectivity index (χ2v) is 9.69. The average molecular weight is 450 g/mol. The van der Waals surface area contributed by atoms with Crippen molar-refractivity contribution < 1.29 is 19.1 Å². The van der Waals surface area contributed by atoms with Crippen LogP contribution in [0.15, 0.2) is 65.7 Å². The second kappa shape index (κ2) is 7.90. The number of benzene rings is 1. The van der Waals surface area contributed by atoms with Crippen molar-refractivity contribution in [1.82, 2.24) is 10.2 Å². The van der Waals surface area contributed by atoms with Crippen LogP contribution in [0.3, 0.4) is 0 Å². The Balaban J connectivity index is 1.80. The van der Waals surface area contributed by atoms with Crippen LogP contribution in [0, 0.1) is 0 Å². The summed E-state index contributed by atoms with van der Waals surface area (Å²) in [5.74, 6) is 0.559. The molecule has 4 rings (SSSR count). The Morgan fingerprint density at radius 2 is 1.79 bits per heavy atom. The van der Waals surface area contributed by atoms with E-state index in [0.29, 0.717) is 37.0 Å². The van der Waals surface area contributed by atoms with Crippen molar-refractivity contribution >= 4 is 18.0 Å². The number of carbonyl (C=O) groups excluding carboxylic acids is 2. The molecule has 0 aromatic heterocycles. The van der Waals surface area contributed by atoms with E-state index in [1.54, 1.807) is 27.8 Å². The molecule has 2 heterocycles. The van der Waals surface area contributed by atoms with Crippen molar-refractivity contribution in [1.29, 1.82) is 0 Å². The third kappa shape index (κ3) is 3.56. The van der Waals surface area contributed by atoms with Gasteiger partial charge in [-0.1, -0.05) is 43.5 Å². The number of ether oxygens (including phenoxy) is 2. The predicted octanol–water partition coefficient (Wildman–Crippen LogP) is 4.61. The van der Waals surface area contributed by atoms with Gasteiger partial charge in [-0.05, 0) is 63.7 Å². The molecule has 1 aromatic rings. The van der Waals surface area contributed by atoms with Gasteiger partial charge in [-0.25, -0.2) is 9.79 Å². The molecule has 1 unspecified atom stereocenters. The number of nitrogens with zero attached hydrogens (tertiary/aromatic N) is 2. The van der Waals surface area contributed by atoms with E-state index in [4.69, 9.17) is 14.5 Å². The molecule has 7 heteroatoms.